The highest BCUT2D eigenvalue weighted by Crippen LogP contribution is 2.01. The summed E-state index contributed by atoms with van der Waals surface area (Å²) in [6.45, 7) is 4.85. The van der Waals surface area contributed by atoms with Crippen LogP contribution in [0.2, 0.25) is 0 Å². The van der Waals surface area contributed by atoms with Gasteiger partial charge in [0.15, 0.2) is 0 Å². The highest BCUT2D eigenvalue weighted by molar-refractivity contribution is 5.92. The van der Waals surface area contributed by atoms with Gasteiger partial charge in [-0.05, 0) is 6.54 Å². The Labute approximate surface area is 48.6 Å². The smallest absolute Gasteiger partial charge is 0.0850 e. The standard InChI is InChI=1S/C5H10N2O/c1-2-7-3-5(4-7)6-8/h8H,2-4H2,1H3. The predicted molar refractivity (Wildman–Crippen MR) is 31.3 cm³/mol. The topological polar surface area (TPSA) is 35.8 Å². The van der Waals surface area contributed by atoms with Gasteiger partial charge in [-0.2, -0.15) is 0 Å². The van der Waals surface area contributed by atoms with E-state index in [0.29, 0.717) is 0 Å². The molecule has 3 heteroatoms. The second-order valence-corrected chi connectivity index (χ2v) is 1.97. The summed E-state index contributed by atoms with van der Waals surface area (Å²) < 4.78 is 0. The first-order chi connectivity index (χ1) is 3.86. The summed E-state index contributed by atoms with van der Waals surface area (Å²) in [5.74, 6) is 0. The number of nitrogens with zero attached hydrogens (tertiary/aromatic N) is 2. The molecule has 0 amide bonds. The van der Waals surface area contributed by atoms with Crippen molar-refractivity contribution in [2.24, 2.45) is 5.16 Å². The van der Waals surface area contributed by atoms with Crippen LogP contribution in [0.15, 0.2) is 5.16 Å². The molecule has 1 aliphatic heterocycles. The zero-order chi connectivity index (χ0) is 5.98. The summed E-state index contributed by atoms with van der Waals surface area (Å²) >= 11 is 0. The SMILES string of the molecule is CCN1CC(=NO)C1. The highest BCUT2D eigenvalue weighted by Gasteiger charge is 2.19. The molecule has 1 fully saturated rings. The van der Waals surface area contributed by atoms with E-state index in [9.17, 15) is 0 Å². The molecule has 0 aromatic rings. The lowest BCUT2D eigenvalue weighted by molar-refractivity contribution is 0.274. The lowest BCUT2D eigenvalue weighted by atomic mass is 10.2. The summed E-state index contributed by atoms with van der Waals surface area (Å²) in [4.78, 5) is 2.19. The molecule has 0 radical (unpaired) electrons. The molecule has 46 valence electrons. The fraction of sp³-hybridized carbons (Fsp3) is 0.800. The van der Waals surface area contributed by atoms with Crippen LogP contribution in [0.4, 0.5) is 0 Å². The fourth-order valence-electron chi connectivity index (χ4n) is 0.757. The summed E-state index contributed by atoms with van der Waals surface area (Å²) in [7, 11) is 0. The Morgan fingerprint density at radius 1 is 1.75 bits per heavy atom. The van der Waals surface area contributed by atoms with Crippen molar-refractivity contribution in [1.29, 1.82) is 0 Å². The van der Waals surface area contributed by atoms with E-state index in [1.54, 1.807) is 0 Å². The van der Waals surface area contributed by atoms with Crippen molar-refractivity contribution < 1.29 is 5.21 Å². The van der Waals surface area contributed by atoms with E-state index in [0.717, 1.165) is 25.3 Å². The third-order valence-corrected chi connectivity index (χ3v) is 1.40. The first kappa shape index (κ1) is 5.56. The summed E-state index contributed by atoms with van der Waals surface area (Å²) in [5.41, 5.74) is 0.895. The zero-order valence-corrected chi connectivity index (χ0v) is 4.96. The normalized spacial score (nSPS) is 20.4. The van der Waals surface area contributed by atoms with E-state index in [1.165, 1.54) is 0 Å². The fourth-order valence-corrected chi connectivity index (χ4v) is 0.757. The minimum absolute atomic E-state index is 0.854. The van der Waals surface area contributed by atoms with Crippen molar-refractivity contribution >= 4 is 5.71 Å². The predicted octanol–water partition coefficient (Wildman–Crippen LogP) is 0.152. The van der Waals surface area contributed by atoms with Gasteiger partial charge in [-0.25, -0.2) is 0 Å². The van der Waals surface area contributed by atoms with Crippen molar-refractivity contribution in [2.45, 2.75) is 6.92 Å². The van der Waals surface area contributed by atoms with Gasteiger partial charge in [-0.3, -0.25) is 4.90 Å². The molecule has 0 saturated carbocycles. The molecule has 0 atom stereocenters. The molecule has 1 N–H and O–H groups in total. The molecule has 1 heterocycles. The molecule has 0 aromatic heterocycles. The van der Waals surface area contributed by atoms with E-state index in [1.807, 2.05) is 0 Å². The maximum absolute atomic E-state index is 8.16. The molecule has 8 heavy (non-hydrogen) atoms. The Morgan fingerprint density at radius 3 is 2.75 bits per heavy atom. The average Bonchev–Trinajstić information content (AvgIpc) is 1.65. The van der Waals surface area contributed by atoms with E-state index in [-0.39, 0.29) is 0 Å². The Bertz CT molecular complexity index is 103. The molecular formula is C5H10N2O. The largest absolute Gasteiger partial charge is 0.411 e. The molecular weight excluding hydrogens is 104 g/mol. The Kier molecular flexibility index (Phi) is 1.48. The maximum atomic E-state index is 8.16. The quantitative estimate of drug-likeness (QED) is 0.389. The Balaban J connectivity index is 2.21. The van der Waals surface area contributed by atoms with Gasteiger partial charge in [0, 0.05) is 13.1 Å². The monoisotopic (exact) mass is 114 g/mol. The van der Waals surface area contributed by atoms with Crippen LogP contribution in [0.25, 0.3) is 0 Å². The first-order valence-corrected chi connectivity index (χ1v) is 2.79. The first-order valence-electron chi connectivity index (χ1n) is 2.79. The highest BCUT2D eigenvalue weighted by atomic mass is 16.4. The van der Waals surface area contributed by atoms with Gasteiger partial charge < -0.3 is 5.21 Å². The van der Waals surface area contributed by atoms with Crippen LogP contribution in [0.5, 0.6) is 0 Å². The molecule has 1 saturated heterocycles. The number of oxime groups is 1. The van der Waals surface area contributed by atoms with Gasteiger partial charge in [0.2, 0.25) is 0 Å². The molecule has 3 nitrogen and oxygen atoms in total. The van der Waals surface area contributed by atoms with E-state index >= 15 is 0 Å². The lowest BCUT2D eigenvalue weighted by Crippen LogP contribution is -2.46. The van der Waals surface area contributed by atoms with Gasteiger partial charge in [0.1, 0.15) is 0 Å². The summed E-state index contributed by atoms with van der Waals surface area (Å²) in [6.07, 6.45) is 0. The second kappa shape index (κ2) is 2.13. The number of hydrogen-bond donors (Lipinski definition) is 1. The van der Waals surface area contributed by atoms with Crippen LogP contribution in [0, 0.1) is 0 Å². The molecule has 1 rings (SSSR count). The van der Waals surface area contributed by atoms with Gasteiger partial charge in [-0.15, -0.1) is 0 Å². The zero-order valence-electron chi connectivity index (χ0n) is 4.96. The van der Waals surface area contributed by atoms with Crippen LogP contribution in [0.3, 0.4) is 0 Å². The summed E-state index contributed by atoms with van der Waals surface area (Å²) in [6, 6.07) is 0. The Hall–Kier alpha value is -0.570. The van der Waals surface area contributed by atoms with Crippen molar-refractivity contribution in [3.63, 3.8) is 0 Å². The third-order valence-electron chi connectivity index (χ3n) is 1.40. The molecule has 1 aliphatic rings. The van der Waals surface area contributed by atoms with Crippen molar-refractivity contribution in [3.8, 4) is 0 Å². The maximum Gasteiger partial charge on any atom is 0.0850 e. The van der Waals surface area contributed by atoms with Gasteiger partial charge in [-0.1, -0.05) is 12.1 Å². The van der Waals surface area contributed by atoms with Crippen LogP contribution in [0.1, 0.15) is 6.92 Å². The van der Waals surface area contributed by atoms with Gasteiger partial charge in [0.05, 0.1) is 5.71 Å². The number of likely N-dealkylation sites (tertiary alicyclic amines) is 1. The van der Waals surface area contributed by atoms with Crippen LogP contribution >= 0.6 is 0 Å². The van der Waals surface area contributed by atoms with Gasteiger partial charge in [0.25, 0.3) is 0 Å². The molecule has 0 aromatic carbocycles. The molecule has 0 spiro atoms. The van der Waals surface area contributed by atoms with Crippen LogP contribution < -0.4 is 0 Å². The van der Waals surface area contributed by atoms with Crippen molar-refractivity contribution in [2.75, 3.05) is 19.6 Å². The molecule has 0 bridgehead atoms. The lowest BCUT2D eigenvalue weighted by Gasteiger charge is -2.29. The third kappa shape index (κ3) is 0.816. The molecule has 0 unspecified atom stereocenters. The molecule has 0 aliphatic carbocycles. The van der Waals surface area contributed by atoms with Gasteiger partial charge >= 0.3 is 0 Å². The minimum atomic E-state index is 0.854. The van der Waals surface area contributed by atoms with E-state index in [4.69, 9.17) is 5.21 Å². The van der Waals surface area contributed by atoms with Crippen molar-refractivity contribution in [1.82, 2.24) is 4.90 Å². The average molecular weight is 114 g/mol. The summed E-state index contributed by atoms with van der Waals surface area (Å²) in [5, 5.41) is 11.2. The van der Waals surface area contributed by atoms with Crippen LogP contribution in [-0.4, -0.2) is 35.5 Å². The van der Waals surface area contributed by atoms with Crippen molar-refractivity contribution in [3.05, 3.63) is 0 Å². The van der Waals surface area contributed by atoms with E-state index in [2.05, 4.69) is 17.0 Å². The van der Waals surface area contributed by atoms with E-state index < -0.39 is 0 Å². The number of rotatable bonds is 1. The second-order valence-electron chi connectivity index (χ2n) is 1.97. The minimum Gasteiger partial charge on any atom is -0.411 e. The van der Waals surface area contributed by atoms with Crippen LogP contribution in [-0.2, 0) is 0 Å². The Morgan fingerprint density at radius 2 is 2.38 bits per heavy atom. The number of hydrogen-bond acceptors (Lipinski definition) is 3.